The summed E-state index contributed by atoms with van der Waals surface area (Å²) in [6, 6.07) is 5.49. The molecule has 1 aliphatic rings. The van der Waals surface area contributed by atoms with Crippen molar-refractivity contribution in [2.45, 2.75) is 36.0 Å². The highest BCUT2D eigenvalue weighted by Crippen LogP contribution is 2.19. The third-order valence-electron chi connectivity index (χ3n) is 4.10. The number of nitrogens with zero attached hydrogens (tertiary/aromatic N) is 1. The Hall–Kier alpha value is -1.25. The van der Waals surface area contributed by atoms with Crippen LogP contribution in [0.5, 0.6) is 0 Å². The molecule has 0 radical (unpaired) electrons. The maximum atomic E-state index is 12.5. The summed E-state index contributed by atoms with van der Waals surface area (Å²) in [6.07, 6.45) is 1.93. The molecule has 1 aromatic rings. The van der Waals surface area contributed by atoms with E-state index >= 15 is 0 Å². The Balaban J connectivity index is 0.00000288. The topological polar surface area (TPSA) is 66.5 Å². The number of carbonyl (C=O) groups is 1. The Labute approximate surface area is 146 Å². The lowest BCUT2D eigenvalue weighted by Gasteiger charge is -2.31. The van der Waals surface area contributed by atoms with Gasteiger partial charge in [-0.2, -0.15) is 8.78 Å². The Morgan fingerprint density at radius 2 is 1.79 bits per heavy atom. The molecule has 0 spiro atoms. The standard InChI is InChI=1S/C15H20F2N2O3S.ClH/c1-18-12-6-8-19(9-7-12)14(20)10-11-2-4-13(5-3-11)23(21,22)15(16)17;/h2-5,12,15,18H,6-10H2,1H3;1H. The normalized spacial score (nSPS) is 16.1. The van der Waals surface area contributed by atoms with Crippen molar-refractivity contribution in [2.75, 3.05) is 20.1 Å². The summed E-state index contributed by atoms with van der Waals surface area (Å²) in [5.41, 5.74) is 0.610. The van der Waals surface area contributed by atoms with Crippen molar-refractivity contribution in [3.05, 3.63) is 29.8 Å². The quantitative estimate of drug-likeness (QED) is 0.844. The van der Waals surface area contributed by atoms with E-state index < -0.39 is 20.5 Å². The first-order valence-corrected chi connectivity index (χ1v) is 8.95. The average molecular weight is 383 g/mol. The van der Waals surface area contributed by atoms with Gasteiger partial charge in [-0.3, -0.25) is 4.79 Å². The zero-order chi connectivity index (χ0) is 17.0. The number of piperidine rings is 1. The predicted molar refractivity (Wildman–Crippen MR) is 89.2 cm³/mol. The van der Waals surface area contributed by atoms with Crippen LogP contribution in [0.3, 0.4) is 0 Å². The van der Waals surface area contributed by atoms with Gasteiger partial charge in [0, 0.05) is 19.1 Å². The maximum Gasteiger partial charge on any atom is 0.341 e. The molecule has 1 aromatic carbocycles. The van der Waals surface area contributed by atoms with E-state index in [1.54, 1.807) is 4.90 Å². The van der Waals surface area contributed by atoms with Crippen molar-refractivity contribution in [3.8, 4) is 0 Å². The number of benzene rings is 1. The van der Waals surface area contributed by atoms with Crippen LogP contribution in [0.15, 0.2) is 29.2 Å². The third kappa shape index (κ3) is 4.87. The van der Waals surface area contributed by atoms with E-state index in [-0.39, 0.29) is 24.7 Å². The lowest BCUT2D eigenvalue weighted by molar-refractivity contribution is -0.131. The summed E-state index contributed by atoms with van der Waals surface area (Å²) in [5.74, 6) is -3.48. The van der Waals surface area contributed by atoms with E-state index in [1.807, 2.05) is 7.05 Å². The van der Waals surface area contributed by atoms with Gasteiger partial charge in [0.1, 0.15) is 0 Å². The molecule has 0 unspecified atom stereocenters. The van der Waals surface area contributed by atoms with Crippen LogP contribution in [0.4, 0.5) is 8.78 Å². The Kier molecular flexibility index (Phi) is 7.56. The van der Waals surface area contributed by atoms with Gasteiger partial charge in [0.2, 0.25) is 15.7 Å². The molecule has 1 heterocycles. The highest BCUT2D eigenvalue weighted by Gasteiger charge is 2.26. The van der Waals surface area contributed by atoms with Crippen LogP contribution in [0, 0.1) is 0 Å². The minimum absolute atomic E-state index is 0. The van der Waals surface area contributed by atoms with Gasteiger partial charge in [-0.1, -0.05) is 12.1 Å². The van der Waals surface area contributed by atoms with E-state index in [9.17, 15) is 22.0 Å². The number of nitrogens with one attached hydrogen (secondary N) is 1. The number of alkyl halides is 2. The fraction of sp³-hybridized carbons (Fsp3) is 0.533. The number of hydrogen-bond donors (Lipinski definition) is 1. The molecule has 1 amide bonds. The van der Waals surface area contributed by atoms with Gasteiger partial charge in [0.15, 0.2) is 0 Å². The average Bonchev–Trinajstić information content (AvgIpc) is 2.55. The number of likely N-dealkylation sites (tertiary alicyclic amines) is 1. The van der Waals surface area contributed by atoms with Gasteiger partial charge < -0.3 is 10.2 Å². The van der Waals surface area contributed by atoms with Crippen molar-refractivity contribution in [3.63, 3.8) is 0 Å². The minimum Gasteiger partial charge on any atom is -0.342 e. The molecule has 1 aliphatic heterocycles. The zero-order valence-electron chi connectivity index (χ0n) is 13.2. The van der Waals surface area contributed by atoms with E-state index in [0.717, 1.165) is 25.0 Å². The van der Waals surface area contributed by atoms with Gasteiger partial charge in [0.25, 0.3) is 0 Å². The van der Waals surface area contributed by atoms with Crippen LogP contribution in [-0.4, -0.2) is 51.2 Å². The molecule has 0 aromatic heterocycles. The Bertz CT molecular complexity index is 645. The van der Waals surface area contributed by atoms with Crippen molar-refractivity contribution < 1.29 is 22.0 Å². The summed E-state index contributed by atoms with van der Waals surface area (Å²) in [5, 5.41) is 3.19. The summed E-state index contributed by atoms with van der Waals surface area (Å²) >= 11 is 0. The fourth-order valence-corrected chi connectivity index (χ4v) is 3.33. The smallest absolute Gasteiger partial charge is 0.341 e. The van der Waals surface area contributed by atoms with Crippen molar-refractivity contribution in [1.82, 2.24) is 10.2 Å². The number of rotatable bonds is 5. The Morgan fingerprint density at radius 3 is 2.25 bits per heavy atom. The largest absolute Gasteiger partial charge is 0.342 e. The molecule has 0 atom stereocenters. The van der Waals surface area contributed by atoms with Crippen LogP contribution in [0.2, 0.25) is 0 Å². The van der Waals surface area contributed by atoms with Crippen LogP contribution >= 0.6 is 12.4 Å². The van der Waals surface area contributed by atoms with Crippen molar-refractivity contribution >= 4 is 28.2 Å². The van der Waals surface area contributed by atoms with Gasteiger partial charge in [0.05, 0.1) is 11.3 Å². The van der Waals surface area contributed by atoms with E-state index in [2.05, 4.69) is 5.32 Å². The molecule has 0 aliphatic carbocycles. The molecule has 1 saturated heterocycles. The van der Waals surface area contributed by atoms with Gasteiger partial charge in [-0.05, 0) is 37.6 Å². The molecular weight excluding hydrogens is 362 g/mol. The number of carbonyl (C=O) groups excluding carboxylic acids is 1. The highest BCUT2D eigenvalue weighted by atomic mass is 35.5. The van der Waals surface area contributed by atoms with Crippen LogP contribution in [0.25, 0.3) is 0 Å². The minimum atomic E-state index is -4.59. The number of amides is 1. The fourth-order valence-electron chi connectivity index (χ4n) is 2.60. The lowest BCUT2D eigenvalue weighted by atomic mass is 10.0. The molecule has 0 saturated carbocycles. The molecule has 136 valence electrons. The summed E-state index contributed by atoms with van der Waals surface area (Å²) in [6.45, 7) is 1.37. The number of sulfone groups is 1. The summed E-state index contributed by atoms with van der Waals surface area (Å²) < 4.78 is 47.6. The molecule has 1 fully saturated rings. The summed E-state index contributed by atoms with van der Waals surface area (Å²) in [4.78, 5) is 13.6. The molecule has 1 N–H and O–H groups in total. The van der Waals surface area contributed by atoms with E-state index in [4.69, 9.17) is 0 Å². The maximum absolute atomic E-state index is 12.5. The van der Waals surface area contributed by atoms with Crippen LogP contribution in [-0.2, 0) is 21.1 Å². The molecule has 24 heavy (non-hydrogen) atoms. The second kappa shape index (κ2) is 8.73. The zero-order valence-corrected chi connectivity index (χ0v) is 14.9. The molecule has 9 heteroatoms. The summed E-state index contributed by atoms with van der Waals surface area (Å²) in [7, 11) is -2.69. The highest BCUT2D eigenvalue weighted by molar-refractivity contribution is 7.91. The van der Waals surface area contributed by atoms with Gasteiger partial charge in [-0.15, -0.1) is 12.4 Å². The first kappa shape index (κ1) is 20.8. The Morgan fingerprint density at radius 1 is 1.25 bits per heavy atom. The van der Waals surface area contributed by atoms with Gasteiger partial charge >= 0.3 is 5.76 Å². The second-order valence-corrected chi connectivity index (χ2v) is 7.49. The number of halogens is 3. The lowest BCUT2D eigenvalue weighted by Crippen LogP contribution is -2.44. The predicted octanol–water partition coefficient (Wildman–Crippen LogP) is 1.86. The molecular formula is C15H21ClF2N2O3S. The molecule has 5 nitrogen and oxygen atoms in total. The SMILES string of the molecule is CNC1CCN(C(=O)Cc2ccc(S(=O)(=O)C(F)F)cc2)CC1.Cl. The monoisotopic (exact) mass is 382 g/mol. The van der Waals surface area contributed by atoms with E-state index in [0.29, 0.717) is 24.7 Å². The third-order valence-corrected chi connectivity index (χ3v) is 5.50. The number of hydrogen-bond acceptors (Lipinski definition) is 4. The second-order valence-electron chi connectivity index (χ2n) is 5.57. The first-order chi connectivity index (χ1) is 10.8. The molecule has 2 rings (SSSR count). The molecule has 0 bridgehead atoms. The van der Waals surface area contributed by atoms with Crippen LogP contribution in [0.1, 0.15) is 18.4 Å². The van der Waals surface area contributed by atoms with Gasteiger partial charge in [-0.25, -0.2) is 8.42 Å². The van der Waals surface area contributed by atoms with Crippen LogP contribution < -0.4 is 5.32 Å². The van der Waals surface area contributed by atoms with Crippen molar-refractivity contribution in [2.24, 2.45) is 0 Å². The van der Waals surface area contributed by atoms with Crippen molar-refractivity contribution in [1.29, 1.82) is 0 Å². The van der Waals surface area contributed by atoms with E-state index in [1.165, 1.54) is 12.1 Å². The first-order valence-electron chi connectivity index (χ1n) is 7.40.